The normalized spacial score (nSPS) is 10.8. The Morgan fingerprint density at radius 2 is 2.20 bits per heavy atom. The van der Waals surface area contributed by atoms with Crippen molar-refractivity contribution in [1.29, 1.82) is 0 Å². The second-order valence-corrected chi connectivity index (χ2v) is 5.04. The van der Waals surface area contributed by atoms with Crippen LogP contribution in [-0.2, 0) is 13.1 Å². The molecule has 0 radical (unpaired) electrons. The minimum absolute atomic E-state index is 0.735. The molecule has 0 spiro atoms. The number of aryl methyl sites for hydroxylation is 1. The Morgan fingerprint density at radius 1 is 1.35 bits per heavy atom. The number of hydrogen-bond acceptors (Lipinski definition) is 3. The van der Waals surface area contributed by atoms with E-state index in [0.29, 0.717) is 0 Å². The third-order valence-electron chi connectivity index (χ3n) is 3.20. The van der Waals surface area contributed by atoms with Crippen LogP contribution >= 0.6 is 0 Å². The lowest BCUT2D eigenvalue weighted by Gasteiger charge is -2.11. The summed E-state index contributed by atoms with van der Waals surface area (Å²) >= 11 is 0. The number of rotatable bonds is 7. The van der Waals surface area contributed by atoms with E-state index < -0.39 is 0 Å². The number of methoxy groups -OCH3 is 1. The van der Waals surface area contributed by atoms with Crippen molar-refractivity contribution in [3.05, 3.63) is 47.3 Å². The van der Waals surface area contributed by atoms with Gasteiger partial charge in [0.25, 0.3) is 0 Å². The molecule has 0 bridgehead atoms. The van der Waals surface area contributed by atoms with Crippen molar-refractivity contribution in [2.24, 2.45) is 0 Å². The molecule has 0 atom stereocenters. The topological polar surface area (TPSA) is 39.1 Å². The van der Waals surface area contributed by atoms with Gasteiger partial charge in [-0.15, -0.1) is 0 Å². The minimum Gasteiger partial charge on any atom is -0.496 e. The summed E-state index contributed by atoms with van der Waals surface area (Å²) in [6.07, 6.45) is 5.07. The molecule has 1 N–H and O–H groups in total. The number of benzene rings is 1. The lowest BCUT2D eigenvalue weighted by Crippen LogP contribution is -2.14. The second kappa shape index (κ2) is 7.10. The molecule has 1 heterocycles. The lowest BCUT2D eigenvalue weighted by atomic mass is 10.1. The summed E-state index contributed by atoms with van der Waals surface area (Å²) in [6.45, 7) is 6.89. The molecule has 0 saturated heterocycles. The zero-order valence-corrected chi connectivity index (χ0v) is 12.5. The van der Waals surface area contributed by atoms with Crippen LogP contribution in [0.2, 0.25) is 0 Å². The van der Waals surface area contributed by atoms with E-state index in [1.54, 1.807) is 7.11 Å². The van der Waals surface area contributed by atoms with Gasteiger partial charge in [-0.3, -0.25) is 4.68 Å². The second-order valence-electron chi connectivity index (χ2n) is 5.04. The predicted octanol–water partition coefficient (Wildman–Crippen LogP) is 2.75. The van der Waals surface area contributed by atoms with Gasteiger partial charge >= 0.3 is 0 Å². The largest absolute Gasteiger partial charge is 0.496 e. The maximum absolute atomic E-state index is 5.44. The van der Waals surface area contributed by atoms with E-state index in [-0.39, 0.29) is 0 Å². The quantitative estimate of drug-likeness (QED) is 0.788. The van der Waals surface area contributed by atoms with Crippen LogP contribution < -0.4 is 10.1 Å². The summed E-state index contributed by atoms with van der Waals surface area (Å²) in [7, 11) is 1.71. The van der Waals surface area contributed by atoms with Crippen molar-refractivity contribution in [1.82, 2.24) is 15.1 Å². The predicted molar refractivity (Wildman–Crippen MR) is 81.1 cm³/mol. The van der Waals surface area contributed by atoms with Gasteiger partial charge in [-0.1, -0.05) is 13.0 Å². The van der Waals surface area contributed by atoms with E-state index in [1.165, 1.54) is 11.1 Å². The molecule has 0 fully saturated rings. The Morgan fingerprint density at radius 3 is 2.85 bits per heavy atom. The molecule has 0 aliphatic carbocycles. The van der Waals surface area contributed by atoms with Crippen LogP contribution in [0.1, 0.15) is 30.0 Å². The molecule has 20 heavy (non-hydrogen) atoms. The Balaban J connectivity index is 2.13. The van der Waals surface area contributed by atoms with Gasteiger partial charge in [0.05, 0.1) is 19.9 Å². The number of hydrogen-bond donors (Lipinski definition) is 1. The third kappa shape index (κ3) is 3.84. The standard InChI is InChI=1S/C16H23N3O/c1-4-7-17-10-14-5-6-16(20-3)15(8-14)12-19-11-13(2)9-18-19/h5-6,8-9,11,17H,4,7,10,12H2,1-3H3. The Labute approximate surface area is 120 Å². The van der Waals surface area contributed by atoms with E-state index in [1.807, 2.05) is 30.1 Å². The fourth-order valence-corrected chi connectivity index (χ4v) is 2.20. The van der Waals surface area contributed by atoms with Crippen LogP contribution in [0.4, 0.5) is 0 Å². The van der Waals surface area contributed by atoms with Gasteiger partial charge in [0.2, 0.25) is 0 Å². The molecule has 0 aliphatic rings. The summed E-state index contributed by atoms with van der Waals surface area (Å²) in [5.41, 5.74) is 3.61. The summed E-state index contributed by atoms with van der Waals surface area (Å²) in [5, 5.41) is 7.76. The third-order valence-corrected chi connectivity index (χ3v) is 3.20. The van der Waals surface area contributed by atoms with E-state index in [2.05, 4.69) is 29.5 Å². The van der Waals surface area contributed by atoms with Crippen molar-refractivity contribution >= 4 is 0 Å². The van der Waals surface area contributed by atoms with Crippen molar-refractivity contribution in [2.75, 3.05) is 13.7 Å². The zero-order chi connectivity index (χ0) is 14.4. The molecule has 0 unspecified atom stereocenters. The SMILES string of the molecule is CCCNCc1ccc(OC)c(Cn2cc(C)cn2)c1. The molecule has 0 aliphatic heterocycles. The highest BCUT2D eigenvalue weighted by Gasteiger charge is 2.06. The first kappa shape index (κ1) is 14.6. The Hall–Kier alpha value is -1.81. The zero-order valence-electron chi connectivity index (χ0n) is 12.5. The van der Waals surface area contributed by atoms with Crippen molar-refractivity contribution in [3.8, 4) is 5.75 Å². The van der Waals surface area contributed by atoms with Crippen molar-refractivity contribution in [3.63, 3.8) is 0 Å². The van der Waals surface area contributed by atoms with Crippen LogP contribution in [-0.4, -0.2) is 23.4 Å². The average molecular weight is 273 g/mol. The van der Waals surface area contributed by atoms with Gasteiger partial charge in [-0.25, -0.2) is 0 Å². The summed E-state index contributed by atoms with van der Waals surface area (Å²) in [4.78, 5) is 0. The summed E-state index contributed by atoms with van der Waals surface area (Å²) in [5.74, 6) is 0.914. The van der Waals surface area contributed by atoms with Gasteiger partial charge in [-0.2, -0.15) is 5.10 Å². The van der Waals surface area contributed by atoms with Gasteiger partial charge in [-0.05, 0) is 43.1 Å². The van der Waals surface area contributed by atoms with Crippen LogP contribution in [0.25, 0.3) is 0 Å². The van der Waals surface area contributed by atoms with E-state index >= 15 is 0 Å². The Kier molecular flexibility index (Phi) is 5.18. The van der Waals surface area contributed by atoms with Crippen molar-refractivity contribution in [2.45, 2.75) is 33.4 Å². The average Bonchev–Trinajstić information content (AvgIpc) is 2.85. The number of ether oxygens (including phenoxy) is 1. The summed E-state index contributed by atoms with van der Waals surface area (Å²) < 4.78 is 7.38. The highest BCUT2D eigenvalue weighted by Crippen LogP contribution is 2.21. The molecule has 1 aromatic carbocycles. The van der Waals surface area contributed by atoms with E-state index in [9.17, 15) is 0 Å². The first-order valence-electron chi connectivity index (χ1n) is 7.08. The molecule has 0 saturated carbocycles. The van der Waals surface area contributed by atoms with Gasteiger partial charge in [0, 0.05) is 18.3 Å². The van der Waals surface area contributed by atoms with Crippen LogP contribution in [0.15, 0.2) is 30.6 Å². The number of nitrogens with zero attached hydrogens (tertiary/aromatic N) is 2. The first-order chi connectivity index (χ1) is 9.72. The molecular weight excluding hydrogens is 250 g/mol. The molecule has 0 amide bonds. The van der Waals surface area contributed by atoms with Crippen LogP contribution in [0, 0.1) is 6.92 Å². The minimum atomic E-state index is 0.735. The monoisotopic (exact) mass is 273 g/mol. The van der Waals surface area contributed by atoms with Gasteiger partial charge in [0.15, 0.2) is 0 Å². The van der Waals surface area contributed by atoms with Gasteiger partial charge < -0.3 is 10.1 Å². The number of nitrogens with one attached hydrogen (secondary N) is 1. The maximum Gasteiger partial charge on any atom is 0.123 e. The molecule has 1 aromatic heterocycles. The first-order valence-corrected chi connectivity index (χ1v) is 7.08. The fourth-order valence-electron chi connectivity index (χ4n) is 2.20. The van der Waals surface area contributed by atoms with Gasteiger partial charge in [0.1, 0.15) is 5.75 Å². The smallest absolute Gasteiger partial charge is 0.123 e. The fraction of sp³-hybridized carbons (Fsp3) is 0.438. The van der Waals surface area contributed by atoms with Crippen molar-refractivity contribution < 1.29 is 4.74 Å². The molecule has 4 heteroatoms. The highest BCUT2D eigenvalue weighted by atomic mass is 16.5. The van der Waals surface area contributed by atoms with Crippen LogP contribution in [0.3, 0.4) is 0 Å². The molecule has 108 valence electrons. The lowest BCUT2D eigenvalue weighted by molar-refractivity contribution is 0.407. The summed E-state index contributed by atoms with van der Waals surface area (Å²) in [6, 6.07) is 6.34. The maximum atomic E-state index is 5.44. The molecular formula is C16H23N3O. The van der Waals surface area contributed by atoms with Crippen LogP contribution in [0.5, 0.6) is 5.75 Å². The van der Waals surface area contributed by atoms with E-state index in [0.717, 1.165) is 37.4 Å². The molecule has 2 rings (SSSR count). The highest BCUT2D eigenvalue weighted by molar-refractivity contribution is 5.37. The Bertz CT molecular complexity index is 548. The number of aromatic nitrogens is 2. The molecule has 2 aromatic rings. The molecule has 4 nitrogen and oxygen atoms in total. The van der Waals surface area contributed by atoms with E-state index in [4.69, 9.17) is 4.74 Å².